The van der Waals surface area contributed by atoms with E-state index in [1.165, 1.54) is 18.0 Å². The summed E-state index contributed by atoms with van der Waals surface area (Å²) in [6.45, 7) is 1.58. The van der Waals surface area contributed by atoms with Gasteiger partial charge < -0.3 is 10.1 Å². The molecule has 9 nitrogen and oxygen atoms in total. The number of aromatic nitrogens is 2. The summed E-state index contributed by atoms with van der Waals surface area (Å²) < 4.78 is 5.86. The molecule has 0 aliphatic heterocycles. The van der Waals surface area contributed by atoms with E-state index in [2.05, 4.69) is 15.2 Å². The predicted molar refractivity (Wildman–Crippen MR) is 84.4 cm³/mol. The van der Waals surface area contributed by atoms with Crippen molar-refractivity contribution in [3.8, 4) is 0 Å². The Morgan fingerprint density at radius 1 is 1.38 bits per heavy atom. The first-order valence-corrected chi connectivity index (χ1v) is 7.05. The molecular weight excluding hydrogens is 316 g/mol. The number of ether oxygens (including phenoxy) is 1. The molecule has 1 unspecified atom stereocenters. The van der Waals surface area contributed by atoms with Gasteiger partial charge in [0.15, 0.2) is 0 Å². The van der Waals surface area contributed by atoms with Crippen LogP contribution in [0.1, 0.15) is 18.4 Å². The van der Waals surface area contributed by atoms with Crippen LogP contribution in [0.15, 0.2) is 36.7 Å². The third-order valence-corrected chi connectivity index (χ3v) is 3.39. The highest BCUT2D eigenvalue weighted by Gasteiger charge is 2.15. The number of benzene rings is 1. The zero-order chi connectivity index (χ0) is 17.7. The third-order valence-electron chi connectivity index (χ3n) is 3.39. The zero-order valence-corrected chi connectivity index (χ0v) is 13.1. The molecule has 24 heavy (non-hydrogen) atoms. The Morgan fingerprint density at radius 2 is 2.04 bits per heavy atom. The number of carbonyl (C=O) groups excluding carboxylic acids is 2. The lowest BCUT2D eigenvalue weighted by Gasteiger charge is -2.10. The van der Waals surface area contributed by atoms with Crippen LogP contribution >= 0.6 is 0 Å². The van der Waals surface area contributed by atoms with E-state index in [4.69, 9.17) is 0 Å². The lowest BCUT2D eigenvalue weighted by atomic mass is 10.0. The number of amides is 1. The quantitative estimate of drug-likeness (QED) is 0.489. The van der Waals surface area contributed by atoms with Gasteiger partial charge in [0.2, 0.25) is 5.91 Å². The van der Waals surface area contributed by atoms with Crippen molar-refractivity contribution in [1.82, 2.24) is 9.78 Å². The van der Waals surface area contributed by atoms with Crippen molar-refractivity contribution in [1.29, 1.82) is 0 Å². The smallest absolute Gasteiger partial charge is 0.312 e. The molecule has 1 heterocycles. The summed E-state index contributed by atoms with van der Waals surface area (Å²) in [6.07, 6.45) is 2.26. The van der Waals surface area contributed by atoms with Crippen molar-refractivity contribution in [2.24, 2.45) is 0 Å². The summed E-state index contributed by atoms with van der Waals surface area (Å²) in [5.74, 6) is -1.11. The van der Waals surface area contributed by atoms with Crippen LogP contribution in [0.25, 0.3) is 0 Å². The molecule has 1 N–H and O–H groups in total. The molecule has 1 amide bonds. The van der Waals surface area contributed by atoms with Crippen LogP contribution in [-0.2, 0) is 20.9 Å². The number of nitrogens with zero attached hydrogens (tertiary/aromatic N) is 3. The Bertz CT molecular complexity index is 753. The van der Waals surface area contributed by atoms with E-state index >= 15 is 0 Å². The van der Waals surface area contributed by atoms with Gasteiger partial charge in [-0.3, -0.25) is 24.4 Å². The number of nitro groups is 1. The lowest BCUT2D eigenvalue weighted by Crippen LogP contribution is -2.19. The molecule has 126 valence electrons. The second kappa shape index (κ2) is 7.36. The first kappa shape index (κ1) is 17.1. The van der Waals surface area contributed by atoms with Crippen molar-refractivity contribution >= 4 is 23.3 Å². The van der Waals surface area contributed by atoms with Gasteiger partial charge in [0.1, 0.15) is 18.9 Å². The van der Waals surface area contributed by atoms with E-state index < -0.39 is 10.8 Å². The van der Waals surface area contributed by atoms with Crippen LogP contribution in [0.2, 0.25) is 0 Å². The molecule has 1 aromatic carbocycles. The lowest BCUT2D eigenvalue weighted by molar-refractivity contribution is -0.385. The number of nitrogens with one attached hydrogen (secondary N) is 1. The van der Waals surface area contributed by atoms with Gasteiger partial charge in [-0.05, 0) is 24.6 Å². The predicted octanol–water partition coefficient (Wildman–Crippen LogP) is 1.71. The van der Waals surface area contributed by atoms with Crippen molar-refractivity contribution in [3.63, 3.8) is 0 Å². The van der Waals surface area contributed by atoms with E-state index in [0.29, 0.717) is 5.69 Å². The summed E-state index contributed by atoms with van der Waals surface area (Å²) in [6, 6.07) is 6.77. The third kappa shape index (κ3) is 4.15. The largest absolute Gasteiger partial charge is 0.469 e. The topological polar surface area (TPSA) is 116 Å². The molecule has 0 aliphatic rings. The van der Waals surface area contributed by atoms with E-state index in [-0.39, 0.29) is 24.1 Å². The number of methoxy groups -OCH3 is 1. The molecule has 0 spiro atoms. The van der Waals surface area contributed by atoms with Crippen molar-refractivity contribution in [3.05, 3.63) is 52.3 Å². The standard InChI is InChI=1S/C15H16N4O5/c1-10(15(21)24-2)11-3-5-12(6-4-11)17-14(20)9-18-8-13(7-16-18)19(22)23/h3-8,10H,9H2,1-2H3,(H,17,20). The molecule has 0 aliphatic carbocycles. The first-order chi connectivity index (χ1) is 11.4. The van der Waals surface area contributed by atoms with Crippen LogP contribution in [0.5, 0.6) is 0 Å². The fraction of sp³-hybridized carbons (Fsp3) is 0.267. The average molecular weight is 332 g/mol. The Balaban J connectivity index is 1.96. The second-order valence-electron chi connectivity index (χ2n) is 5.07. The SMILES string of the molecule is COC(=O)C(C)c1ccc(NC(=O)Cn2cc([N+](=O)[O-])cn2)cc1. The minimum Gasteiger partial charge on any atom is -0.469 e. The Labute approximate surface area is 137 Å². The molecule has 0 saturated carbocycles. The molecule has 2 aromatic rings. The van der Waals surface area contributed by atoms with Gasteiger partial charge in [-0.1, -0.05) is 12.1 Å². The summed E-state index contributed by atoms with van der Waals surface area (Å²) in [5.41, 5.74) is 1.13. The highest BCUT2D eigenvalue weighted by molar-refractivity contribution is 5.90. The molecule has 1 aromatic heterocycles. The molecule has 1 atom stereocenters. The molecule has 0 radical (unpaired) electrons. The minimum atomic E-state index is -0.581. The van der Waals surface area contributed by atoms with E-state index in [1.54, 1.807) is 31.2 Å². The van der Waals surface area contributed by atoms with Gasteiger partial charge in [-0.25, -0.2) is 0 Å². The summed E-state index contributed by atoms with van der Waals surface area (Å²) in [7, 11) is 1.33. The van der Waals surface area contributed by atoms with Crippen molar-refractivity contribution in [2.45, 2.75) is 19.4 Å². The zero-order valence-electron chi connectivity index (χ0n) is 13.1. The number of hydrogen-bond donors (Lipinski definition) is 1. The first-order valence-electron chi connectivity index (χ1n) is 7.05. The number of esters is 1. The molecule has 2 rings (SSSR count). The van der Waals surface area contributed by atoms with Crippen LogP contribution in [0.3, 0.4) is 0 Å². The van der Waals surface area contributed by atoms with Gasteiger partial charge in [0.25, 0.3) is 0 Å². The fourth-order valence-electron chi connectivity index (χ4n) is 2.05. The van der Waals surface area contributed by atoms with Gasteiger partial charge in [0.05, 0.1) is 18.0 Å². The summed E-state index contributed by atoms with van der Waals surface area (Å²) >= 11 is 0. The van der Waals surface area contributed by atoms with Gasteiger partial charge in [0, 0.05) is 5.69 Å². The summed E-state index contributed by atoms with van der Waals surface area (Å²) in [5, 5.41) is 17.0. The second-order valence-corrected chi connectivity index (χ2v) is 5.07. The highest BCUT2D eigenvalue weighted by Crippen LogP contribution is 2.19. The minimum absolute atomic E-state index is 0.145. The Hall–Kier alpha value is -3.23. The van der Waals surface area contributed by atoms with Crippen LogP contribution < -0.4 is 5.32 Å². The maximum atomic E-state index is 11.9. The van der Waals surface area contributed by atoms with Crippen LogP contribution in [0.4, 0.5) is 11.4 Å². The molecule has 0 fully saturated rings. The molecule has 0 bridgehead atoms. The van der Waals surface area contributed by atoms with Gasteiger partial charge >= 0.3 is 11.7 Å². The molecule has 9 heteroatoms. The summed E-state index contributed by atoms with van der Waals surface area (Å²) in [4.78, 5) is 33.4. The number of rotatable bonds is 6. The normalized spacial score (nSPS) is 11.6. The fourth-order valence-corrected chi connectivity index (χ4v) is 2.05. The van der Waals surface area contributed by atoms with Crippen molar-refractivity contribution in [2.75, 3.05) is 12.4 Å². The molecule has 0 saturated heterocycles. The van der Waals surface area contributed by atoms with Gasteiger partial charge in [-0.15, -0.1) is 0 Å². The van der Waals surface area contributed by atoms with Gasteiger partial charge in [-0.2, -0.15) is 5.10 Å². The van der Waals surface area contributed by atoms with Crippen molar-refractivity contribution < 1.29 is 19.2 Å². The highest BCUT2D eigenvalue weighted by atomic mass is 16.6. The number of hydrogen-bond acceptors (Lipinski definition) is 6. The Morgan fingerprint density at radius 3 is 2.58 bits per heavy atom. The maximum absolute atomic E-state index is 11.9. The molecular formula is C15H16N4O5. The maximum Gasteiger partial charge on any atom is 0.312 e. The van der Waals surface area contributed by atoms with Crippen LogP contribution in [-0.4, -0.2) is 33.7 Å². The number of anilines is 1. The van der Waals surface area contributed by atoms with E-state index in [9.17, 15) is 19.7 Å². The number of carbonyl (C=O) groups is 2. The van der Waals surface area contributed by atoms with Crippen LogP contribution in [0, 0.1) is 10.1 Å². The monoisotopic (exact) mass is 332 g/mol. The van der Waals surface area contributed by atoms with E-state index in [0.717, 1.165) is 11.8 Å². The van der Waals surface area contributed by atoms with E-state index in [1.807, 2.05) is 0 Å². The Kier molecular flexibility index (Phi) is 5.25. The average Bonchev–Trinajstić information content (AvgIpc) is 3.02.